The first-order chi connectivity index (χ1) is 11.7. The molecule has 2 heterocycles. The van der Waals surface area contributed by atoms with Crippen molar-refractivity contribution >= 4 is 17.6 Å². The van der Waals surface area contributed by atoms with E-state index in [1.807, 2.05) is 6.07 Å². The molecule has 24 heavy (non-hydrogen) atoms. The van der Waals surface area contributed by atoms with Crippen LogP contribution in [0.3, 0.4) is 0 Å². The van der Waals surface area contributed by atoms with Crippen LogP contribution in [-0.2, 0) is 0 Å². The third kappa shape index (κ3) is 3.38. The van der Waals surface area contributed by atoms with Crippen LogP contribution in [0.1, 0.15) is 16.1 Å². The fraction of sp³-hybridized carbons (Fsp3) is 0.235. The summed E-state index contributed by atoms with van der Waals surface area (Å²) >= 11 is 0. The highest BCUT2D eigenvalue weighted by Gasteiger charge is 2.26. The number of carbonyl (C=O) groups excluding carboxylic acids is 2. The number of benzene rings is 1. The van der Waals surface area contributed by atoms with Crippen molar-refractivity contribution in [1.82, 2.24) is 9.80 Å². The minimum atomic E-state index is -0.241. The van der Waals surface area contributed by atoms with Gasteiger partial charge in [-0.2, -0.15) is 5.26 Å². The fourth-order valence-electron chi connectivity index (χ4n) is 2.54. The number of nitrogens with zero attached hydrogens (tertiary/aromatic N) is 3. The summed E-state index contributed by atoms with van der Waals surface area (Å²) < 4.78 is 5.11. The van der Waals surface area contributed by atoms with E-state index < -0.39 is 0 Å². The van der Waals surface area contributed by atoms with Gasteiger partial charge in [-0.3, -0.25) is 4.79 Å². The number of furan rings is 1. The maximum Gasteiger partial charge on any atom is 0.321 e. The van der Waals surface area contributed by atoms with Crippen LogP contribution in [0.5, 0.6) is 0 Å². The zero-order valence-corrected chi connectivity index (χ0v) is 12.9. The summed E-state index contributed by atoms with van der Waals surface area (Å²) in [5.74, 6) is 0.142. The molecule has 0 aliphatic carbocycles. The maximum absolute atomic E-state index is 12.3. The SMILES string of the molecule is N#Cc1cccc(NC(=O)N2CCN(C(=O)c3ccco3)CC2)c1. The van der Waals surface area contributed by atoms with Gasteiger partial charge in [0.2, 0.25) is 0 Å². The lowest BCUT2D eigenvalue weighted by Gasteiger charge is -2.34. The minimum absolute atomic E-state index is 0.165. The van der Waals surface area contributed by atoms with E-state index in [1.54, 1.807) is 46.2 Å². The number of hydrogen-bond acceptors (Lipinski definition) is 4. The van der Waals surface area contributed by atoms with Crippen molar-refractivity contribution in [3.63, 3.8) is 0 Å². The molecule has 1 saturated heterocycles. The molecule has 1 N–H and O–H groups in total. The highest BCUT2D eigenvalue weighted by Crippen LogP contribution is 2.13. The third-order valence-electron chi connectivity index (χ3n) is 3.83. The van der Waals surface area contributed by atoms with Crippen LogP contribution in [0, 0.1) is 11.3 Å². The molecule has 0 saturated carbocycles. The van der Waals surface area contributed by atoms with Crippen molar-refractivity contribution in [3.8, 4) is 6.07 Å². The fourth-order valence-corrected chi connectivity index (χ4v) is 2.54. The van der Waals surface area contributed by atoms with Crippen LogP contribution >= 0.6 is 0 Å². The monoisotopic (exact) mass is 324 g/mol. The second-order valence-electron chi connectivity index (χ2n) is 5.38. The molecule has 3 amide bonds. The van der Waals surface area contributed by atoms with Gasteiger partial charge in [0, 0.05) is 31.9 Å². The summed E-state index contributed by atoms with van der Waals surface area (Å²) in [5, 5.41) is 11.7. The molecule has 0 unspecified atom stereocenters. The van der Waals surface area contributed by atoms with Gasteiger partial charge < -0.3 is 19.5 Å². The lowest BCUT2D eigenvalue weighted by molar-refractivity contribution is 0.0640. The molecule has 7 heteroatoms. The Bertz CT molecular complexity index is 771. The second kappa shape index (κ2) is 6.87. The van der Waals surface area contributed by atoms with Crippen LogP contribution in [0.25, 0.3) is 0 Å². The lowest BCUT2D eigenvalue weighted by Crippen LogP contribution is -2.51. The van der Waals surface area contributed by atoms with Crippen molar-refractivity contribution in [2.45, 2.75) is 0 Å². The zero-order chi connectivity index (χ0) is 16.9. The van der Waals surface area contributed by atoms with Crippen molar-refractivity contribution in [1.29, 1.82) is 5.26 Å². The normalized spacial score (nSPS) is 14.1. The first-order valence-corrected chi connectivity index (χ1v) is 7.56. The van der Waals surface area contributed by atoms with Crippen molar-refractivity contribution in [2.24, 2.45) is 0 Å². The van der Waals surface area contributed by atoms with E-state index in [2.05, 4.69) is 5.32 Å². The van der Waals surface area contributed by atoms with Crippen molar-refractivity contribution < 1.29 is 14.0 Å². The molecule has 1 aromatic carbocycles. The van der Waals surface area contributed by atoms with Gasteiger partial charge in [-0.25, -0.2) is 4.79 Å². The predicted octanol–water partition coefficient (Wildman–Crippen LogP) is 2.14. The third-order valence-corrected chi connectivity index (χ3v) is 3.83. The number of nitrogens with one attached hydrogen (secondary N) is 1. The molecule has 0 spiro atoms. The summed E-state index contributed by atoms with van der Waals surface area (Å²) in [6.07, 6.45) is 1.46. The smallest absolute Gasteiger partial charge is 0.321 e. The van der Waals surface area contributed by atoms with E-state index in [-0.39, 0.29) is 11.9 Å². The molecular weight excluding hydrogens is 308 g/mol. The highest BCUT2D eigenvalue weighted by atomic mass is 16.3. The number of rotatable bonds is 2. The number of carbonyl (C=O) groups is 2. The summed E-state index contributed by atoms with van der Waals surface area (Å²) in [6, 6.07) is 11.8. The highest BCUT2D eigenvalue weighted by molar-refractivity contribution is 5.92. The van der Waals surface area contributed by atoms with Gasteiger partial charge in [0.1, 0.15) is 0 Å². The first kappa shape index (κ1) is 15.6. The number of hydrogen-bond donors (Lipinski definition) is 1. The average Bonchev–Trinajstić information content (AvgIpc) is 3.16. The number of piperazine rings is 1. The van der Waals surface area contributed by atoms with Crippen LogP contribution in [0.2, 0.25) is 0 Å². The van der Waals surface area contributed by atoms with Crippen LogP contribution in [-0.4, -0.2) is 47.9 Å². The van der Waals surface area contributed by atoms with E-state index in [1.165, 1.54) is 6.26 Å². The molecule has 2 aromatic rings. The van der Waals surface area contributed by atoms with Gasteiger partial charge in [-0.05, 0) is 30.3 Å². The van der Waals surface area contributed by atoms with Crippen molar-refractivity contribution in [2.75, 3.05) is 31.5 Å². The minimum Gasteiger partial charge on any atom is -0.459 e. The number of anilines is 1. The van der Waals surface area contributed by atoms with E-state index in [0.717, 1.165) is 0 Å². The van der Waals surface area contributed by atoms with E-state index in [9.17, 15) is 9.59 Å². The molecule has 0 bridgehead atoms. The molecule has 1 aromatic heterocycles. The van der Waals surface area contributed by atoms with Gasteiger partial charge in [-0.15, -0.1) is 0 Å². The Labute approximate surface area is 139 Å². The van der Waals surface area contributed by atoms with Gasteiger partial charge in [0.15, 0.2) is 5.76 Å². The first-order valence-electron chi connectivity index (χ1n) is 7.56. The summed E-state index contributed by atoms with van der Waals surface area (Å²) in [4.78, 5) is 27.8. The zero-order valence-electron chi connectivity index (χ0n) is 12.9. The second-order valence-corrected chi connectivity index (χ2v) is 5.38. The topological polar surface area (TPSA) is 89.6 Å². The maximum atomic E-state index is 12.3. The molecular formula is C17H16N4O3. The molecule has 3 rings (SSSR count). The van der Waals surface area contributed by atoms with Crippen LogP contribution < -0.4 is 5.32 Å². The Kier molecular flexibility index (Phi) is 4.47. The number of amides is 3. The summed E-state index contributed by atoms with van der Waals surface area (Å²) in [7, 11) is 0. The Morgan fingerprint density at radius 3 is 2.50 bits per heavy atom. The van der Waals surface area contributed by atoms with Gasteiger partial charge in [-0.1, -0.05) is 6.07 Å². The Morgan fingerprint density at radius 1 is 1.08 bits per heavy atom. The summed E-state index contributed by atoms with van der Waals surface area (Å²) in [6.45, 7) is 1.78. The Hall–Kier alpha value is -3.27. The van der Waals surface area contributed by atoms with Crippen LogP contribution in [0.15, 0.2) is 47.1 Å². The quantitative estimate of drug-likeness (QED) is 0.916. The lowest BCUT2D eigenvalue weighted by atomic mass is 10.2. The van der Waals surface area contributed by atoms with Gasteiger partial charge in [0.05, 0.1) is 17.9 Å². The van der Waals surface area contributed by atoms with Crippen LogP contribution in [0.4, 0.5) is 10.5 Å². The van der Waals surface area contributed by atoms with E-state index >= 15 is 0 Å². The summed E-state index contributed by atoms with van der Waals surface area (Å²) in [5.41, 5.74) is 1.06. The van der Waals surface area contributed by atoms with E-state index in [4.69, 9.17) is 9.68 Å². The average molecular weight is 324 g/mol. The van der Waals surface area contributed by atoms with Gasteiger partial charge >= 0.3 is 6.03 Å². The Morgan fingerprint density at radius 2 is 1.83 bits per heavy atom. The standard InChI is InChI=1S/C17H16N4O3/c18-12-13-3-1-4-14(11-13)19-17(23)21-8-6-20(7-9-21)16(22)15-5-2-10-24-15/h1-5,10-11H,6-9H2,(H,19,23). The Balaban J connectivity index is 1.55. The molecule has 0 radical (unpaired) electrons. The van der Waals surface area contributed by atoms with E-state index in [0.29, 0.717) is 43.2 Å². The molecule has 0 atom stereocenters. The van der Waals surface area contributed by atoms with Crippen molar-refractivity contribution in [3.05, 3.63) is 54.0 Å². The molecule has 1 fully saturated rings. The predicted molar refractivity (Wildman–Crippen MR) is 86.4 cm³/mol. The molecule has 1 aliphatic heterocycles. The van der Waals surface area contributed by atoms with Gasteiger partial charge in [0.25, 0.3) is 5.91 Å². The molecule has 122 valence electrons. The largest absolute Gasteiger partial charge is 0.459 e. The number of nitriles is 1. The molecule has 7 nitrogen and oxygen atoms in total. The molecule has 1 aliphatic rings. The number of urea groups is 1.